The maximum Gasteiger partial charge on any atom is 0.313 e. The second-order valence-corrected chi connectivity index (χ2v) is 15.8. The van der Waals surface area contributed by atoms with Gasteiger partial charge in [-0.3, -0.25) is 28.8 Å². The third-order valence-corrected chi connectivity index (χ3v) is 10.8. The molecule has 0 radical (unpaired) electrons. The molecule has 0 aromatic carbocycles. The fraction of sp³-hybridized carbons (Fsp3) is 0.409. The van der Waals surface area contributed by atoms with Crippen molar-refractivity contribution < 1.29 is 28.8 Å². The third-order valence-electron chi connectivity index (χ3n) is 10.8. The number of carbonyl (C=O) groups is 6. The number of nitrogen functional groups attached to an aromatic ring is 2. The minimum Gasteiger partial charge on any atom is -0.383 e. The summed E-state index contributed by atoms with van der Waals surface area (Å²) < 4.78 is 0. The minimum atomic E-state index is -0.712. The summed E-state index contributed by atoms with van der Waals surface area (Å²) in [7, 11) is 0. The summed E-state index contributed by atoms with van der Waals surface area (Å²) in [6.07, 6.45) is 10.8. The van der Waals surface area contributed by atoms with Crippen molar-refractivity contribution in [1.82, 2.24) is 29.7 Å². The number of nitrogens with one attached hydrogen (secondary N) is 4. The summed E-state index contributed by atoms with van der Waals surface area (Å²) in [6.45, 7) is 11.8. The number of hydrogen-bond donors (Lipinski definition) is 6. The average Bonchev–Trinajstić information content (AvgIpc) is 3.24. The van der Waals surface area contributed by atoms with Crippen molar-refractivity contribution in [2.45, 2.75) is 92.2 Å². The molecule has 2 fully saturated rings. The maximum atomic E-state index is 13.1. The van der Waals surface area contributed by atoms with E-state index in [-0.39, 0.29) is 35.7 Å². The van der Waals surface area contributed by atoms with Gasteiger partial charge in [-0.25, -0.2) is 19.9 Å². The van der Waals surface area contributed by atoms with Crippen LogP contribution in [0.15, 0.2) is 61.2 Å². The van der Waals surface area contributed by atoms with Gasteiger partial charge < -0.3 is 42.5 Å². The molecular weight excluding hydrogens is 793 g/mol. The molecule has 4 aromatic heterocycles. The van der Waals surface area contributed by atoms with E-state index in [9.17, 15) is 28.8 Å². The van der Waals surface area contributed by atoms with Crippen molar-refractivity contribution in [1.29, 1.82) is 0 Å². The van der Waals surface area contributed by atoms with E-state index < -0.39 is 23.6 Å². The van der Waals surface area contributed by atoms with Crippen LogP contribution >= 0.6 is 0 Å². The zero-order valence-corrected chi connectivity index (χ0v) is 36.0. The summed E-state index contributed by atoms with van der Waals surface area (Å²) in [5, 5.41) is 10.5. The Morgan fingerprint density at radius 3 is 1.29 bits per heavy atom. The number of amides is 6. The lowest BCUT2D eigenvalue weighted by Crippen LogP contribution is -2.46. The fourth-order valence-electron chi connectivity index (χ4n) is 7.54. The molecule has 0 spiro atoms. The molecule has 18 heteroatoms. The molecule has 8 N–H and O–H groups in total. The van der Waals surface area contributed by atoms with Gasteiger partial charge in [0, 0.05) is 39.3 Å². The van der Waals surface area contributed by atoms with Crippen molar-refractivity contribution >= 4 is 70.1 Å². The van der Waals surface area contributed by atoms with E-state index in [0.717, 1.165) is 47.9 Å². The largest absolute Gasteiger partial charge is 0.383 e. The van der Waals surface area contributed by atoms with E-state index >= 15 is 0 Å². The maximum absolute atomic E-state index is 13.1. The number of carbonyl (C=O) groups excluding carboxylic acids is 6. The van der Waals surface area contributed by atoms with Gasteiger partial charge in [0.05, 0.1) is 35.9 Å². The Bertz CT molecular complexity index is 2110. The monoisotopic (exact) mass is 848 g/mol. The number of piperidine rings is 2. The summed E-state index contributed by atoms with van der Waals surface area (Å²) in [5.74, 6) is -0.766. The van der Waals surface area contributed by atoms with Crippen LogP contribution < -0.4 is 32.7 Å². The smallest absolute Gasteiger partial charge is 0.313 e. The molecule has 2 saturated heterocycles. The highest BCUT2D eigenvalue weighted by atomic mass is 16.2. The lowest BCUT2D eigenvalue weighted by molar-refractivity contribution is -0.146. The lowest BCUT2D eigenvalue weighted by atomic mass is 9.90. The highest BCUT2D eigenvalue weighted by Crippen LogP contribution is 2.35. The molecule has 4 atom stereocenters. The molecule has 62 heavy (non-hydrogen) atoms. The number of aromatic nitrogens is 4. The van der Waals surface area contributed by atoms with E-state index in [0.29, 0.717) is 60.6 Å². The van der Waals surface area contributed by atoms with Gasteiger partial charge in [-0.2, -0.15) is 0 Å². The van der Waals surface area contributed by atoms with Crippen LogP contribution in [0, 0.1) is 11.8 Å². The first kappa shape index (κ1) is 46.1. The predicted molar refractivity (Wildman–Crippen MR) is 236 cm³/mol. The summed E-state index contributed by atoms with van der Waals surface area (Å²) >= 11 is 0. The van der Waals surface area contributed by atoms with Gasteiger partial charge in [-0.1, -0.05) is 39.8 Å². The number of anilines is 6. The first-order valence-corrected chi connectivity index (χ1v) is 20.8. The molecule has 6 amide bonds. The Labute approximate surface area is 361 Å². The standard InChI is InChI=1S/2C22H28N6O3/c2*1-4-15-9-17(11-25-20(15)23)27-21(30)22(31)28-12-13(2)5-7-18(28)16-6-8-19(24-10-16)26-14(3)29/h2*6,8-11,13,18H,4-5,7,12H2,1-3H3,(H2,23,25)(H,27,30)(H,24,26,29)/t2*13-,18+/m10/s1. The van der Waals surface area contributed by atoms with E-state index in [2.05, 4.69) is 55.1 Å². The average molecular weight is 849 g/mol. The quantitative estimate of drug-likeness (QED) is 0.128. The molecule has 0 unspecified atom stereocenters. The van der Waals surface area contributed by atoms with Crippen molar-refractivity contribution in [3.63, 3.8) is 0 Å². The van der Waals surface area contributed by atoms with Crippen molar-refractivity contribution in [2.24, 2.45) is 11.8 Å². The molecule has 2 aliphatic rings. The highest BCUT2D eigenvalue weighted by Gasteiger charge is 2.36. The number of rotatable bonds is 8. The van der Waals surface area contributed by atoms with Gasteiger partial charge in [0.1, 0.15) is 23.3 Å². The fourth-order valence-corrected chi connectivity index (χ4v) is 7.54. The summed E-state index contributed by atoms with van der Waals surface area (Å²) in [6, 6.07) is 9.99. The number of aryl methyl sites for hydroxylation is 2. The molecule has 0 aliphatic carbocycles. The van der Waals surface area contributed by atoms with Gasteiger partial charge in [-0.05, 0) is 96.9 Å². The second-order valence-electron chi connectivity index (χ2n) is 15.8. The predicted octanol–water partition coefficient (Wildman–Crippen LogP) is 5.04. The van der Waals surface area contributed by atoms with Gasteiger partial charge in [0.2, 0.25) is 11.8 Å². The molecule has 0 saturated carbocycles. The first-order chi connectivity index (χ1) is 29.6. The van der Waals surface area contributed by atoms with Gasteiger partial charge in [-0.15, -0.1) is 0 Å². The normalized spacial score (nSPS) is 18.4. The SMILES string of the molecule is CCc1cc(NC(=O)C(=O)N2C[C@@H](C)CC[C@@H]2c2ccc(NC(C)=O)nc2)cnc1N.CCc1cc(NC(=O)C(=O)N2C[C@H](C)CC[C@H]2c2ccc(NC(C)=O)nc2)cnc1N. The summed E-state index contributed by atoms with van der Waals surface area (Å²) in [5.41, 5.74) is 15.8. The molecule has 2 aliphatic heterocycles. The highest BCUT2D eigenvalue weighted by molar-refractivity contribution is 6.40. The van der Waals surface area contributed by atoms with E-state index in [1.807, 2.05) is 26.0 Å². The Balaban J connectivity index is 0.000000234. The molecule has 18 nitrogen and oxygen atoms in total. The van der Waals surface area contributed by atoms with Crippen molar-refractivity contribution in [2.75, 3.05) is 45.8 Å². The van der Waals surface area contributed by atoms with Gasteiger partial charge in [0.25, 0.3) is 0 Å². The molecule has 6 heterocycles. The van der Waals surface area contributed by atoms with Crippen LogP contribution in [0.3, 0.4) is 0 Å². The van der Waals surface area contributed by atoms with E-state index in [1.54, 1.807) is 46.5 Å². The number of nitrogens with two attached hydrogens (primary N) is 2. The number of pyridine rings is 4. The lowest BCUT2D eigenvalue weighted by Gasteiger charge is -2.38. The van der Waals surface area contributed by atoms with Gasteiger partial charge in [0.15, 0.2) is 0 Å². The topological polar surface area (TPSA) is 261 Å². The van der Waals surface area contributed by atoms with Crippen LogP contribution in [0.2, 0.25) is 0 Å². The minimum absolute atomic E-state index is 0.205. The second kappa shape index (κ2) is 21.0. The van der Waals surface area contributed by atoms with Crippen molar-refractivity contribution in [3.05, 3.63) is 83.4 Å². The van der Waals surface area contributed by atoms with E-state index in [4.69, 9.17) is 11.5 Å². The van der Waals surface area contributed by atoms with Crippen LogP contribution in [0.5, 0.6) is 0 Å². The van der Waals surface area contributed by atoms with Crippen LogP contribution in [0.25, 0.3) is 0 Å². The Kier molecular flexibility index (Phi) is 15.6. The first-order valence-electron chi connectivity index (χ1n) is 20.8. The number of likely N-dealkylation sites (tertiary alicyclic amines) is 2. The molecule has 0 bridgehead atoms. The number of nitrogens with zero attached hydrogens (tertiary/aromatic N) is 6. The van der Waals surface area contributed by atoms with Gasteiger partial charge >= 0.3 is 23.6 Å². The van der Waals surface area contributed by atoms with Crippen LogP contribution in [0.4, 0.5) is 34.6 Å². The molecule has 328 valence electrons. The Morgan fingerprint density at radius 2 is 0.968 bits per heavy atom. The molecular formula is C44H56N12O6. The van der Waals surface area contributed by atoms with Crippen LogP contribution in [0.1, 0.15) is 102 Å². The Morgan fingerprint density at radius 1 is 0.581 bits per heavy atom. The zero-order chi connectivity index (χ0) is 45.1. The van der Waals surface area contributed by atoms with Crippen LogP contribution in [-0.2, 0) is 41.6 Å². The summed E-state index contributed by atoms with van der Waals surface area (Å²) in [4.78, 5) is 93.8. The molecule has 6 rings (SSSR count). The zero-order valence-electron chi connectivity index (χ0n) is 36.0. The van der Waals surface area contributed by atoms with E-state index in [1.165, 1.54) is 26.2 Å². The third kappa shape index (κ3) is 12.1. The van der Waals surface area contributed by atoms with Crippen molar-refractivity contribution in [3.8, 4) is 0 Å². The Hall–Kier alpha value is -6.98. The van der Waals surface area contributed by atoms with Crippen LogP contribution in [-0.4, -0.2) is 78.3 Å². The number of hydrogen-bond acceptors (Lipinski definition) is 12. The molecule has 4 aromatic rings.